The van der Waals surface area contributed by atoms with Gasteiger partial charge in [0.25, 0.3) is 5.56 Å². The van der Waals surface area contributed by atoms with E-state index in [4.69, 9.17) is 4.74 Å². The number of anilines is 2. The van der Waals surface area contributed by atoms with Gasteiger partial charge >= 0.3 is 0 Å². The van der Waals surface area contributed by atoms with Crippen molar-refractivity contribution in [2.24, 2.45) is 14.1 Å². The van der Waals surface area contributed by atoms with Gasteiger partial charge in [-0.05, 0) is 49.4 Å². The van der Waals surface area contributed by atoms with Gasteiger partial charge in [0.05, 0.1) is 5.69 Å². The van der Waals surface area contributed by atoms with Crippen LogP contribution in [0.2, 0.25) is 0 Å². The predicted molar refractivity (Wildman–Crippen MR) is 124 cm³/mol. The van der Waals surface area contributed by atoms with E-state index >= 15 is 0 Å². The third kappa shape index (κ3) is 4.34. The summed E-state index contributed by atoms with van der Waals surface area (Å²) in [6, 6.07) is 8.92. The van der Waals surface area contributed by atoms with Crippen molar-refractivity contribution < 1.29 is 9.53 Å². The SMILES string of the molecule is CC(=O)Cc1cc(Oc2ccc3nc(Nc4cc(C5CC5)cn(C)c4=O)n(C)c3n2)ccn1. The highest BCUT2D eigenvalue weighted by molar-refractivity contribution is 5.78. The predicted octanol–water partition coefficient (Wildman–Crippen LogP) is 3.61. The van der Waals surface area contributed by atoms with Gasteiger partial charge in [0.1, 0.15) is 22.7 Å². The smallest absolute Gasteiger partial charge is 0.274 e. The molecule has 9 nitrogen and oxygen atoms in total. The standard InChI is InChI=1S/C24H24N6O3/c1-14(31)10-17-12-18(8-9-25-17)33-21-7-6-19-22(28-21)30(3)24(26-19)27-20-11-16(15-4-5-15)13-29(2)23(20)32/h6-9,11-13,15H,4-5,10H2,1-3H3,(H,26,27). The summed E-state index contributed by atoms with van der Waals surface area (Å²) in [5.74, 6) is 2.03. The molecule has 0 atom stereocenters. The molecule has 1 fully saturated rings. The molecule has 0 radical (unpaired) electrons. The van der Waals surface area contributed by atoms with Gasteiger partial charge in [-0.1, -0.05) is 0 Å². The molecule has 1 saturated carbocycles. The minimum Gasteiger partial charge on any atom is -0.439 e. The zero-order chi connectivity index (χ0) is 23.1. The second kappa shape index (κ2) is 8.16. The van der Waals surface area contributed by atoms with E-state index in [2.05, 4.69) is 20.3 Å². The number of carbonyl (C=O) groups is 1. The number of ketones is 1. The van der Waals surface area contributed by atoms with Crippen molar-refractivity contribution in [2.45, 2.75) is 32.1 Å². The summed E-state index contributed by atoms with van der Waals surface area (Å²) >= 11 is 0. The number of pyridine rings is 3. The molecule has 0 unspecified atom stereocenters. The summed E-state index contributed by atoms with van der Waals surface area (Å²) in [5.41, 5.74) is 3.48. The molecule has 4 aromatic rings. The van der Waals surface area contributed by atoms with Gasteiger partial charge in [-0.25, -0.2) is 4.98 Å². The van der Waals surface area contributed by atoms with Gasteiger partial charge in [-0.2, -0.15) is 4.98 Å². The number of fused-ring (bicyclic) bond motifs is 1. The van der Waals surface area contributed by atoms with Crippen LogP contribution in [0, 0.1) is 0 Å². The molecule has 4 heterocycles. The van der Waals surface area contributed by atoms with Crippen LogP contribution >= 0.6 is 0 Å². The molecule has 9 heteroatoms. The Morgan fingerprint density at radius 1 is 1.18 bits per heavy atom. The number of carbonyl (C=O) groups excluding carboxylic acids is 1. The van der Waals surface area contributed by atoms with Crippen LogP contribution in [0.1, 0.15) is 36.9 Å². The van der Waals surface area contributed by atoms with Gasteiger partial charge in [0.2, 0.25) is 11.8 Å². The van der Waals surface area contributed by atoms with Gasteiger partial charge in [-0.3, -0.25) is 19.1 Å². The normalized spacial score (nSPS) is 13.3. The Morgan fingerprint density at radius 3 is 2.76 bits per heavy atom. The molecule has 0 amide bonds. The first-order valence-corrected chi connectivity index (χ1v) is 10.8. The molecule has 33 heavy (non-hydrogen) atoms. The van der Waals surface area contributed by atoms with Crippen LogP contribution in [0.5, 0.6) is 11.6 Å². The quantitative estimate of drug-likeness (QED) is 0.464. The molecule has 0 aromatic carbocycles. The Labute approximate surface area is 190 Å². The molecule has 0 saturated heterocycles. The molecule has 0 bridgehead atoms. The number of Topliss-reactive ketones (excluding diaryl/α,β-unsaturated/α-hetero) is 1. The van der Waals surface area contributed by atoms with E-state index in [0.29, 0.717) is 46.0 Å². The average Bonchev–Trinajstić information content (AvgIpc) is 3.57. The van der Waals surface area contributed by atoms with Crippen LogP contribution in [0.3, 0.4) is 0 Å². The van der Waals surface area contributed by atoms with E-state index in [9.17, 15) is 9.59 Å². The highest BCUT2D eigenvalue weighted by Gasteiger charge is 2.25. The third-order valence-electron chi connectivity index (χ3n) is 5.63. The van der Waals surface area contributed by atoms with Gasteiger partial charge in [0.15, 0.2) is 5.65 Å². The molecule has 1 aliphatic rings. The van der Waals surface area contributed by atoms with Crippen LogP contribution in [0.25, 0.3) is 11.2 Å². The fourth-order valence-corrected chi connectivity index (χ4v) is 3.80. The molecule has 168 valence electrons. The number of aryl methyl sites for hydroxylation is 2. The van der Waals surface area contributed by atoms with Crippen LogP contribution in [0.4, 0.5) is 11.6 Å². The van der Waals surface area contributed by atoms with Gasteiger partial charge < -0.3 is 14.6 Å². The minimum absolute atomic E-state index is 0.0339. The number of aromatic nitrogens is 5. The lowest BCUT2D eigenvalue weighted by molar-refractivity contribution is -0.116. The van der Waals surface area contributed by atoms with E-state index < -0.39 is 0 Å². The second-order valence-electron chi connectivity index (χ2n) is 8.45. The topological polar surface area (TPSA) is 104 Å². The molecule has 4 aromatic heterocycles. The summed E-state index contributed by atoms with van der Waals surface area (Å²) in [7, 11) is 3.60. The fourth-order valence-electron chi connectivity index (χ4n) is 3.80. The summed E-state index contributed by atoms with van der Waals surface area (Å²) in [4.78, 5) is 37.4. The maximum Gasteiger partial charge on any atom is 0.274 e. The fraction of sp³-hybridized carbons (Fsp3) is 0.292. The molecule has 1 aliphatic carbocycles. The zero-order valence-electron chi connectivity index (χ0n) is 18.7. The Hall–Kier alpha value is -4.01. The lowest BCUT2D eigenvalue weighted by atomic mass is 10.2. The van der Waals surface area contributed by atoms with Crippen LogP contribution in [-0.2, 0) is 25.3 Å². The Kier molecular flexibility index (Phi) is 5.16. The average molecular weight is 444 g/mol. The van der Waals surface area contributed by atoms with Gasteiger partial charge in [-0.15, -0.1) is 0 Å². The van der Waals surface area contributed by atoms with Crippen LogP contribution in [-0.4, -0.2) is 29.9 Å². The molecule has 0 aliphatic heterocycles. The molecule has 0 spiro atoms. The van der Waals surface area contributed by atoms with Crippen LogP contribution in [0.15, 0.2) is 47.5 Å². The first kappa shape index (κ1) is 20.9. The summed E-state index contributed by atoms with van der Waals surface area (Å²) in [6.45, 7) is 1.52. The van der Waals surface area contributed by atoms with E-state index in [1.54, 1.807) is 40.6 Å². The largest absolute Gasteiger partial charge is 0.439 e. The number of hydrogen-bond acceptors (Lipinski definition) is 7. The Morgan fingerprint density at radius 2 is 2.00 bits per heavy atom. The lowest BCUT2D eigenvalue weighted by Gasteiger charge is -2.10. The monoisotopic (exact) mass is 444 g/mol. The van der Waals surface area contributed by atoms with E-state index in [0.717, 1.165) is 18.4 Å². The number of rotatable bonds is 7. The number of nitrogens with zero attached hydrogens (tertiary/aromatic N) is 5. The third-order valence-corrected chi connectivity index (χ3v) is 5.63. The Bertz CT molecular complexity index is 1430. The van der Waals surface area contributed by atoms with Crippen LogP contribution < -0.4 is 15.6 Å². The van der Waals surface area contributed by atoms with Crippen molar-refractivity contribution in [3.63, 3.8) is 0 Å². The number of nitrogens with one attached hydrogen (secondary N) is 1. The summed E-state index contributed by atoms with van der Waals surface area (Å²) in [5, 5.41) is 3.19. The summed E-state index contributed by atoms with van der Waals surface area (Å²) < 4.78 is 9.30. The Balaban J connectivity index is 1.43. The van der Waals surface area contributed by atoms with Crippen molar-refractivity contribution in [3.05, 3.63) is 64.3 Å². The zero-order valence-corrected chi connectivity index (χ0v) is 18.7. The molecular weight excluding hydrogens is 420 g/mol. The second-order valence-corrected chi connectivity index (χ2v) is 8.45. The maximum absolute atomic E-state index is 12.6. The van der Waals surface area contributed by atoms with Gasteiger partial charge in [0, 0.05) is 45.0 Å². The van der Waals surface area contributed by atoms with Crippen molar-refractivity contribution in [3.8, 4) is 11.6 Å². The van der Waals surface area contributed by atoms with E-state index in [1.165, 1.54) is 6.92 Å². The number of hydrogen-bond donors (Lipinski definition) is 1. The molecule has 1 N–H and O–H groups in total. The van der Waals surface area contributed by atoms with E-state index in [1.807, 2.05) is 25.4 Å². The van der Waals surface area contributed by atoms with Crippen molar-refractivity contribution in [2.75, 3.05) is 5.32 Å². The van der Waals surface area contributed by atoms with Crippen molar-refractivity contribution >= 4 is 28.6 Å². The van der Waals surface area contributed by atoms with Crippen molar-refractivity contribution in [1.29, 1.82) is 0 Å². The molecular formula is C24H24N6O3. The first-order valence-electron chi connectivity index (χ1n) is 10.8. The highest BCUT2D eigenvalue weighted by Crippen LogP contribution is 2.40. The number of ether oxygens (including phenoxy) is 1. The molecule has 5 rings (SSSR count). The lowest BCUT2D eigenvalue weighted by Crippen LogP contribution is -2.20. The maximum atomic E-state index is 12.6. The van der Waals surface area contributed by atoms with Crippen molar-refractivity contribution in [1.82, 2.24) is 24.1 Å². The first-order chi connectivity index (χ1) is 15.9. The highest BCUT2D eigenvalue weighted by atomic mass is 16.5. The minimum atomic E-state index is -0.109. The van der Waals surface area contributed by atoms with E-state index in [-0.39, 0.29) is 17.8 Å². The summed E-state index contributed by atoms with van der Waals surface area (Å²) in [6.07, 6.45) is 6.08. The number of imidazole rings is 1.